The molecule has 1 aromatic heterocycles. The minimum atomic E-state index is -3.24. The Hall–Kier alpha value is -1.93. The molecular weight excluding hydrogens is 358 g/mol. The fourth-order valence-corrected chi connectivity index (χ4v) is 3.50. The zero-order valence-electron chi connectivity index (χ0n) is 14.7. The maximum Gasteiger partial charge on any atom is 0.224 e. The number of carbonyl (C=O) groups is 1. The first-order valence-corrected chi connectivity index (χ1v) is 10.8. The molecule has 6 nitrogen and oxygen atoms in total. The van der Waals surface area contributed by atoms with E-state index in [0.29, 0.717) is 18.5 Å². The van der Waals surface area contributed by atoms with Gasteiger partial charge in [-0.05, 0) is 56.4 Å². The summed E-state index contributed by atoms with van der Waals surface area (Å²) in [6.07, 6.45) is 3.93. The highest BCUT2D eigenvalue weighted by atomic mass is 32.2. The molecule has 0 aliphatic carbocycles. The van der Waals surface area contributed by atoms with Crippen molar-refractivity contribution in [2.45, 2.75) is 36.7 Å². The molecule has 0 fully saturated rings. The van der Waals surface area contributed by atoms with Crippen LogP contribution in [0.2, 0.25) is 0 Å². The van der Waals surface area contributed by atoms with Crippen molar-refractivity contribution in [3.8, 4) is 0 Å². The lowest BCUT2D eigenvalue weighted by Gasteiger charge is -2.10. The lowest BCUT2D eigenvalue weighted by molar-refractivity contribution is -0.116. The summed E-state index contributed by atoms with van der Waals surface area (Å²) in [6.45, 7) is 3.84. The number of nitrogens with one attached hydrogen (secondary N) is 1. The molecule has 0 saturated heterocycles. The highest BCUT2D eigenvalue weighted by Gasteiger charge is 2.11. The van der Waals surface area contributed by atoms with Crippen LogP contribution in [0.3, 0.4) is 0 Å². The zero-order chi connectivity index (χ0) is 18.6. The summed E-state index contributed by atoms with van der Waals surface area (Å²) in [5.74, 6) is -0.139. The predicted octanol–water partition coefficient (Wildman–Crippen LogP) is 2.79. The van der Waals surface area contributed by atoms with Gasteiger partial charge in [0.2, 0.25) is 5.91 Å². The van der Waals surface area contributed by atoms with E-state index in [1.54, 1.807) is 12.1 Å². The van der Waals surface area contributed by atoms with Gasteiger partial charge in [-0.25, -0.2) is 18.4 Å². The van der Waals surface area contributed by atoms with Crippen LogP contribution < -0.4 is 5.32 Å². The van der Waals surface area contributed by atoms with E-state index in [-0.39, 0.29) is 10.8 Å². The summed E-state index contributed by atoms with van der Waals surface area (Å²) in [4.78, 5) is 21.2. The van der Waals surface area contributed by atoms with Gasteiger partial charge < -0.3 is 5.32 Å². The fourth-order valence-electron chi connectivity index (χ4n) is 2.41. The molecule has 25 heavy (non-hydrogen) atoms. The summed E-state index contributed by atoms with van der Waals surface area (Å²) in [6, 6.07) is 6.13. The summed E-state index contributed by atoms with van der Waals surface area (Å²) >= 11 is 1.49. The molecular formula is C17H21N3O3S2. The van der Waals surface area contributed by atoms with Crippen molar-refractivity contribution in [1.29, 1.82) is 0 Å². The van der Waals surface area contributed by atoms with Gasteiger partial charge in [0.15, 0.2) is 15.0 Å². The topological polar surface area (TPSA) is 89.0 Å². The Bertz CT molecular complexity index is 856. The van der Waals surface area contributed by atoms with Gasteiger partial charge in [-0.3, -0.25) is 4.79 Å². The van der Waals surface area contributed by atoms with E-state index in [1.807, 2.05) is 20.1 Å². The molecule has 0 radical (unpaired) electrons. The monoisotopic (exact) mass is 379 g/mol. The van der Waals surface area contributed by atoms with Crippen molar-refractivity contribution in [3.63, 3.8) is 0 Å². The predicted molar refractivity (Wildman–Crippen MR) is 99.8 cm³/mol. The average molecular weight is 380 g/mol. The number of aryl methyl sites for hydroxylation is 2. The largest absolute Gasteiger partial charge is 0.326 e. The minimum Gasteiger partial charge on any atom is -0.326 e. The Morgan fingerprint density at radius 1 is 1.12 bits per heavy atom. The van der Waals surface area contributed by atoms with Crippen LogP contribution in [0.1, 0.15) is 23.4 Å². The van der Waals surface area contributed by atoms with E-state index in [2.05, 4.69) is 15.3 Å². The summed E-state index contributed by atoms with van der Waals surface area (Å²) in [7, 11) is -3.24. The maximum atomic E-state index is 12.1. The number of sulfone groups is 1. The van der Waals surface area contributed by atoms with Gasteiger partial charge >= 0.3 is 0 Å². The van der Waals surface area contributed by atoms with Crippen molar-refractivity contribution < 1.29 is 13.2 Å². The van der Waals surface area contributed by atoms with E-state index in [4.69, 9.17) is 0 Å². The Balaban J connectivity index is 2.00. The molecule has 0 aliphatic rings. The normalized spacial score (nSPS) is 11.4. The minimum absolute atomic E-state index is 0.139. The number of hydrogen-bond acceptors (Lipinski definition) is 6. The van der Waals surface area contributed by atoms with Crippen molar-refractivity contribution in [2.75, 3.05) is 17.8 Å². The highest BCUT2D eigenvalue weighted by Crippen LogP contribution is 2.18. The third kappa shape index (κ3) is 5.27. The number of anilines is 1. The second-order valence-corrected chi connectivity index (χ2v) is 8.49. The van der Waals surface area contributed by atoms with Crippen molar-refractivity contribution in [1.82, 2.24) is 9.97 Å². The van der Waals surface area contributed by atoms with Crippen LogP contribution in [0.4, 0.5) is 5.69 Å². The van der Waals surface area contributed by atoms with Gasteiger partial charge in [-0.15, -0.1) is 0 Å². The van der Waals surface area contributed by atoms with E-state index < -0.39 is 9.84 Å². The van der Waals surface area contributed by atoms with Gasteiger partial charge in [0.05, 0.1) is 4.90 Å². The lowest BCUT2D eigenvalue weighted by Crippen LogP contribution is -2.14. The third-order valence-corrected chi connectivity index (χ3v) is 5.43. The van der Waals surface area contributed by atoms with Crippen LogP contribution in [-0.2, 0) is 21.1 Å². The van der Waals surface area contributed by atoms with Gasteiger partial charge in [-0.2, -0.15) is 0 Å². The molecule has 2 aromatic rings. The van der Waals surface area contributed by atoms with E-state index >= 15 is 0 Å². The van der Waals surface area contributed by atoms with Crippen LogP contribution in [-0.4, -0.2) is 36.8 Å². The summed E-state index contributed by atoms with van der Waals surface area (Å²) in [5, 5.41) is 3.50. The molecule has 0 spiro atoms. The number of amides is 1. The molecule has 1 N–H and O–H groups in total. The number of thioether (sulfide) groups is 1. The quantitative estimate of drug-likeness (QED) is 0.613. The second kappa shape index (κ2) is 7.97. The number of rotatable bonds is 6. The fraction of sp³-hybridized carbons (Fsp3) is 0.353. The van der Waals surface area contributed by atoms with Crippen LogP contribution in [0.5, 0.6) is 0 Å². The standard InChI is InChI=1S/C17H21N3O3S2/c1-11-15(12(2)19-17(18-11)24-3)9-10-16(21)20-13-5-7-14(8-6-13)25(4,22)23/h5-8H,9-10H2,1-4H3,(H,20,21). The highest BCUT2D eigenvalue weighted by molar-refractivity contribution is 7.98. The molecule has 0 bridgehead atoms. The van der Waals surface area contributed by atoms with Crippen LogP contribution in [0.15, 0.2) is 34.3 Å². The van der Waals surface area contributed by atoms with Crippen LogP contribution in [0.25, 0.3) is 0 Å². The maximum absolute atomic E-state index is 12.1. The molecule has 1 amide bonds. The molecule has 0 atom stereocenters. The first-order chi connectivity index (χ1) is 11.7. The molecule has 1 heterocycles. The van der Waals surface area contributed by atoms with E-state index in [0.717, 1.165) is 28.4 Å². The van der Waals surface area contributed by atoms with Crippen LogP contribution in [0, 0.1) is 13.8 Å². The SMILES string of the molecule is CSc1nc(C)c(CCC(=O)Nc2ccc(S(C)(=O)=O)cc2)c(C)n1. The molecule has 0 aliphatic heterocycles. The van der Waals surface area contributed by atoms with Gasteiger partial charge in [-0.1, -0.05) is 11.8 Å². The van der Waals surface area contributed by atoms with Crippen molar-refractivity contribution >= 4 is 33.2 Å². The number of hydrogen-bond donors (Lipinski definition) is 1. The Kier molecular flexibility index (Phi) is 6.18. The molecule has 0 saturated carbocycles. The Labute approximate surface area is 152 Å². The van der Waals surface area contributed by atoms with E-state index in [9.17, 15) is 13.2 Å². The number of nitrogens with zero attached hydrogens (tertiary/aromatic N) is 2. The lowest BCUT2D eigenvalue weighted by atomic mass is 10.1. The summed E-state index contributed by atoms with van der Waals surface area (Å²) in [5.41, 5.74) is 3.34. The molecule has 2 rings (SSSR count). The van der Waals surface area contributed by atoms with Crippen LogP contribution >= 0.6 is 11.8 Å². The summed E-state index contributed by atoms with van der Waals surface area (Å²) < 4.78 is 22.9. The number of benzene rings is 1. The van der Waals surface area contributed by atoms with Gasteiger partial charge in [0.25, 0.3) is 0 Å². The van der Waals surface area contributed by atoms with E-state index in [1.165, 1.54) is 23.9 Å². The zero-order valence-corrected chi connectivity index (χ0v) is 16.3. The third-order valence-electron chi connectivity index (χ3n) is 3.75. The molecule has 8 heteroatoms. The first kappa shape index (κ1) is 19.4. The molecule has 1 aromatic carbocycles. The average Bonchev–Trinajstić information content (AvgIpc) is 2.53. The Morgan fingerprint density at radius 3 is 2.16 bits per heavy atom. The molecule has 0 unspecified atom stereocenters. The van der Waals surface area contributed by atoms with Crippen molar-refractivity contribution in [3.05, 3.63) is 41.2 Å². The first-order valence-electron chi connectivity index (χ1n) is 7.69. The smallest absolute Gasteiger partial charge is 0.224 e. The second-order valence-electron chi connectivity index (χ2n) is 5.70. The van der Waals surface area contributed by atoms with Gasteiger partial charge in [0, 0.05) is 29.8 Å². The molecule has 134 valence electrons. The van der Waals surface area contributed by atoms with Crippen molar-refractivity contribution in [2.24, 2.45) is 0 Å². The number of carbonyl (C=O) groups excluding carboxylic acids is 1. The number of aromatic nitrogens is 2. The van der Waals surface area contributed by atoms with Gasteiger partial charge in [0.1, 0.15) is 0 Å². The Morgan fingerprint density at radius 2 is 1.68 bits per heavy atom.